The minimum absolute atomic E-state index is 0.0591. The van der Waals surface area contributed by atoms with Crippen molar-refractivity contribution < 1.29 is 9.59 Å². The van der Waals surface area contributed by atoms with Crippen molar-refractivity contribution in [2.24, 2.45) is 5.73 Å². The molecule has 0 radical (unpaired) electrons. The zero-order valence-corrected chi connectivity index (χ0v) is 11.6. The lowest BCUT2D eigenvalue weighted by atomic mass is 9.95. The Morgan fingerprint density at radius 3 is 2.28 bits per heavy atom. The summed E-state index contributed by atoms with van der Waals surface area (Å²) in [4.78, 5) is 23.2. The van der Waals surface area contributed by atoms with Gasteiger partial charge in [-0.25, -0.2) is 0 Å². The molecule has 104 valence electrons. The molecular formula is C13H25N3O2. The van der Waals surface area contributed by atoms with E-state index < -0.39 is 17.5 Å². The molecule has 1 atom stereocenters. The van der Waals surface area contributed by atoms with Crippen molar-refractivity contribution in [1.82, 2.24) is 10.6 Å². The number of rotatable bonds is 5. The van der Waals surface area contributed by atoms with Crippen LogP contribution in [0.1, 0.15) is 52.9 Å². The summed E-state index contributed by atoms with van der Waals surface area (Å²) in [7, 11) is 0. The molecule has 0 aromatic carbocycles. The predicted molar refractivity (Wildman–Crippen MR) is 70.9 cm³/mol. The molecule has 4 N–H and O–H groups in total. The van der Waals surface area contributed by atoms with E-state index in [2.05, 4.69) is 10.6 Å². The molecule has 0 saturated heterocycles. The fourth-order valence-electron chi connectivity index (χ4n) is 2.25. The molecule has 1 saturated carbocycles. The normalized spacial score (nSPS) is 19.3. The first-order valence-electron chi connectivity index (χ1n) is 6.71. The van der Waals surface area contributed by atoms with Gasteiger partial charge in [0.05, 0.1) is 11.6 Å². The predicted octanol–water partition coefficient (Wildman–Crippen LogP) is 0.677. The first-order valence-corrected chi connectivity index (χ1v) is 6.71. The molecule has 1 unspecified atom stereocenters. The third-order valence-corrected chi connectivity index (χ3v) is 3.54. The lowest BCUT2D eigenvalue weighted by Crippen LogP contribution is -2.58. The lowest BCUT2D eigenvalue weighted by molar-refractivity contribution is -0.126. The molecule has 1 fully saturated rings. The number of carbonyl (C=O) groups is 2. The summed E-state index contributed by atoms with van der Waals surface area (Å²) in [5.74, 6) is -0.518. The van der Waals surface area contributed by atoms with E-state index in [1.54, 1.807) is 20.8 Å². The lowest BCUT2D eigenvalue weighted by Gasteiger charge is -2.29. The van der Waals surface area contributed by atoms with E-state index in [4.69, 9.17) is 5.73 Å². The highest BCUT2D eigenvalue weighted by Crippen LogP contribution is 2.17. The number of nitrogens with two attached hydrogens (primary N) is 1. The average Bonchev–Trinajstić information content (AvgIpc) is 2.29. The van der Waals surface area contributed by atoms with Crippen LogP contribution in [0.5, 0.6) is 0 Å². The van der Waals surface area contributed by atoms with Crippen LogP contribution in [0.15, 0.2) is 0 Å². The Morgan fingerprint density at radius 1 is 1.22 bits per heavy atom. The smallest absolute Gasteiger partial charge is 0.237 e. The molecule has 0 aromatic heterocycles. The van der Waals surface area contributed by atoms with Gasteiger partial charge in [0.2, 0.25) is 11.8 Å². The molecule has 0 bridgehead atoms. The number of hydrogen-bond donors (Lipinski definition) is 3. The standard InChI is InChI=1S/C13H25N3O2/c1-9(16-13(2,3)12(14)18)11(17)15-10-7-5-4-6-8-10/h9-10,16H,4-8H2,1-3H3,(H2,14,18)(H,15,17). The maximum atomic E-state index is 12.0. The minimum atomic E-state index is -0.872. The summed E-state index contributed by atoms with van der Waals surface area (Å²) in [5, 5.41) is 5.99. The molecule has 1 rings (SSSR count). The molecular weight excluding hydrogens is 230 g/mol. The van der Waals surface area contributed by atoms with Gasteiger partial charge in [-0.05, 0) is 33.6 Å². The van der Waals surface area contributed by atoms with Gasteiger partial charge in [0.1, 0.15) is 0 Å². The van der Waals surface area contributed by atoms with Crippen molar-refractivity contribution in [3.05, 3.63) is 0 Å². The van der Waals surface area contributed by atoms with Gasteiger partial charge in [-0.2, -0.15) is 0 Å². The largest absolute Gasteiger partial charge is 0.368 e. The Morgan fingerprint density at radius 2 is 1.78 bits per heavy atom. The molecule has 1 aliphatic rings. The Bertz CT molecular complexity index is 309. The first kappa shape index (κ1) is 15.0. The van der Waals surface area contributed by atoms with Crippen molar-refractivity contribution in [2.75, 3.05) is 0 Å². The number of primary amides is 1. The van der Waals surface area contributed by atoms with Crippen molar-refractivity contribution >= 4 is 11.8 Å². The van der Waals surface area contributed by atoms with Crippen LogP contribution < -0.4 is 16.4 Å². The molecule has 5 heteroatoms. The van der Waals surface area contributed by atoms with Crippen LogP contribution in [0.3, 0.4) is 0 Å². The second kappa shape index (κ2) is 6.18. The molecule has 5 nitrogen and oxygen atoms in total. The fourth-order valence-corrected chi connectivity index (χ4v) is 2.25. The Labute approximate surface area is 109 Å². The summed E-state index contributed by atoms with van der Waals surface area (Å²) in [6, 6.07) is -0.137. The van der Waals surface area contributed by atoms with Crippen molar-refractivity contribution in [3.63, 3.8) is 0 Å². The van der Waals surface area contributed by atoms with Crippen molar-refractivity contribution in [2.45, 2.75) is 70.5 Å². The summed E-state index contributed by atoms with van der Waals surface area (Å²) in [5.41, 5.74) is 4.40. The van der Waals surface area contributed by atoms with Crippen LogP contribution in [0.2, 0.25) is 0 Å². The van der Waals surface area contributed by atoms with Gasteiger partial charge in [-0.3, -0.25) is 14.9 Å². The van der Waals surface area contributed by atoms with Crippen LogP contribution in [0.4, 0.5) is 0 Å². The molecule has 0 aromatic rings. The van der Waals surface area contributed by atoms with Crippen molar-refractivity contribution in [1.29, 1.82) is 0 Å². The maximum Gasteiger partial charge on any atom is 0.237 e. The monoisotopic (exact) mass is 255 g/mol. The number of hydrogen-bond acceptors (Lipinski definition) is 3. The fraction of sp³-hybridized carbons (Fsp3) is 0.846. The van der Waals surface area contributed by atoms with Crippen LogP contribution in [-0.2, 0) is 9.59 Å². The molecule has 0 aliphatic heterocycles. The highest BCUT2D eigenvalue weighted by atomic mass is 16.2. The van der Waals surface area contributed by atoms with Gasteiger partial charge in [-0.1, -0.05) is 19.3 Å². The Balaban J connectivity index is 2.43. The average molecular weight is 255 g/mol. The number of amides is 2. The zero-order chi connectivity index (χ0) is 13.8. The van der Waals surface area contributed by atoms with Crippen LogP contribution in [0.25, 0.3) is 0 Å². The molecule has 1 aliphatic carbocycles. The van der Waals surface area contributed by atoms with E-state index in [-0.39, 0.29) is 11.9 Å². The van der Waals surface area contributed by atoms with Gasteiger partial charge in [-0.15, -0.1) is 0 Å². The number of nitrogens with one attached hydrogen (secondary N) is 2. The summed E-state index contributed by atoms with van der Waals surface area (Å²) >= 11 is 0. The molecule has 18 heavy (non-hydrogen) atoms. The Kier molecular flexibility index (Phi) is 5.14. The third-order valence-electron chi connectivity index (χ3n) is 3.54. The van der Waals surface area contributed by atoms with Crippen LogP contribution in [-0.4, -0.2) is 29.4 Å². The van der Waals surface area contributed by atoms with Gasteiger partial charge < -0.3 is 11.1 Å². The zero-order valence-electron chi connectivity index (χ0n) is 11.6. The third kappa shape index (κ3) is 4.29. The summed E-state index contributed by atoms with van der Waals surface area (Å²) < 4.78 is 0. The highest BCUT2D eigenvalue weighted by Gasteiger charge is 2.29. The van der Waals surface area contributed by atoms with E-state index in [1.165, 1.54) is 19.3 Å². The van der Waals surface area contributed by atoms with Gasteiger partial charge in [0, 0.05) is 6.04 Å². The van der Waals surface area contributed by atoms with E-state index in [0.717, 1.165) is 12.8 Å². The Hall–Kier alpha value is -1.10. The highest BCUT2D eigenvalue weighted by molar-refractivity contribution is 5.86. The molecule has 0 spiro atoms. The van der Waals surface area contributed by atoms with Gasteiger partial charge in [0.15, 0.2) is 0 Å². The first-order chi connectivity index (χ1) is 8.33. The van der Waals surface area contributed by atoms with Gasteiger partial charge >= 0.3 is 0 Å². The van der Waals surface area contributed by atoms with Crippen molar-refractivity contribution in [3.8, 4) is 0 Å². The summed E-state index contributed by atoms with van der Waals surface area (Å²) in [6.45, 7) is 5.11. The molecule has 0 heterocycles. The second-order valence-corrected chi connectivity index (χ2v) is 5.70. The number of carbonyl (C=O) groups excluding carboxylic acids is 2. The second-order valence-electron chi connectivity index (χ2n) is 5.70. The molecule has 2 amide bonds. The quantitative estimate of drug-likeness (QED) is 0.675. The summed E-state index contributed by atoms with van der Waals surface area (Å²) in [6.07, 6.45) is 5.73. The SMILES string of the molecule is CC(NC(C)(C)C(N)=O)C(=O)NC1CCCCC1. The van der Waals surface area contributed by atoms with E-state index >= 15 is 0 Å². The van der Waals surface area contributed by atoms with E-state index in [9.17, 15) is 9.59 Å². The van der Waals surface area contributed by atoms with Gasteiger partial charge in [0.25, 0.3) is 0 Å². The van der Waals surface area contributed by atoms with Crippen LogP contribution >= 0.6 is 0 Å². The van der Waals surface area contributed by atoms with Crippen LogP contribution in [0, 0.1) is 0 Å². The van der Waals surface area contributed by atoms with E-state index in [0.29, 0.717) is 0 Å². The van der Waals surface area contributed by atoms with E-state index in [1.807, 2.05) is 0 Å². The minimum Gasteiger partial charge on any atom is -0.368 e. The maximum absolute atomic E-state index is 12.0. The topological polar surface area (TPSA) is 84.2 Å².